The number of pyridine rings is 1. The van der Waals surface area contributed by atoms with Gasteiger partial charge in [0.05, 0.1) is 5.52 Å². The van der Waals surface area contributed by atoms with E-state index >= 15 is 0 Å². The summed E-state index contributed by atoms with van der Waals surface area (Å²) in [4.78, 5) is 4.43. The van der Waals surface area contributed by atoms with Crippen molar-refractivity contribution in [3.05, 3.63) is 77.0 Å². The minimum absolute atomic E-state index is 0.850. The third-order valence-electron chi connectivity index (χ3n) is 3.82. The highest BCUT2D eigenvalue weighted by Gasteiger charge is 2.05. The quantitative estimate of drug-likeness (QED) is 0.503. The van der Waals surface area contributed by atoms with E-state index in [1.807, 2.05) is 12.3 Å². The fourth-order valence-electron chi connectivity index (χ4n) is 2.77. The van der Waals surface area contributed by atoms with E-state index in [4.69, 9.17) is 0 Å². The smallest absolute Gasteiger partial charge is 0.0705 e. The van der Waals surface area contributed by atoms with Crippen LogP contribution in [0.25, 0.3) is 21.8 Å². The van der Waals surface area contributed by atoms with Crippen LogP contribution in [-0.2, 0) is 6.54 Å². The van der Waals surface area contributed by atoms with Gasteiger partial charge in [-0.15, -0.1) is 0 Å². The predicted octanol–water partition coefficient (Wildman–Crippen LogP) is 5.00. The van der Waals surface area contributed by atoms with Gasteiger partial charge in [-0.1, -0.05) is 40.2 Å². The Bertz CT molecular complexity index is 935. The Morgan fingerprint density at radius 2 is 1.90 bits per heavy atom. The number of para-hydroxylation sites is 1. The molecule has 0 aliphatic heterocycles. The highest BCUT2D eigenvalue weighted by Crippen LogP contribution is 2.23. The Morgan fingerprint density at radius 3 is 2.86 bits per heavy atom. The molecular formula is C18H13BrN2. The number of aromatic nitrogens is 2. The molecule has 2 aromatic heterocycles. The fourth-order valence-corrected chi connectivity index (χ4v) is 3.12. The van der Waals surface area contributed by atoms with Crippen LogP contribution in [0.5, 0.6) is 0 Å². The third-order valence-corrected chi connectivity index (χ3v) is 4.31. The number of fused-ring (bicyclic) bond motifs is 2. The molecule has 0 saturated heterocycles. The molecule has 3 heteroatoms. The Balaban J connectivity index is 1.85. The molecule has 0 aliphatic carbocycles. The maximum absolute atomic E-state index is 4.43. The van der Waals surface area contributed by atoms with E-state index in [-0.39, 0.29) is 0 Å². The van der Waals surface area contributed by atoms with Gasteiger partial charge in [-0.25, -0.2) is 0 Å². The lowest BCUT2D eigenvalue weighted by Crippen LogP contribution is -1.99. The van der Waals surface area contributed by atoms with Crippen LogP contribution in [0, 0.1) is 0 Å². The Labute approximate surface area is 131 Å². The largest absolute Gasteiger partial charge is 0.343 e. The Kier molecular flexibility index (Phi) is 3.00. The molecule has 0 atom stereocenters. The van der Waals surface area contributed by atoms with Crippen molar-refractivity contribution in [1.82, 2.24) is 9.55 Å². The summed E-state index contributed by atoms with van der Waals surface area (Å²) in [6, 6.07) is 18.9. The molecule has 2 aromatic carbocycles. The molecule has 0 N–H and O–H groups in total. The highest BCUT2D eigenvalue weighted by atomic mass is 79.9. The van der Waals surface area contributed by atoms with E-state index < -0.39 is 0 Å². The van der Waals surface area contributed by atoms with Crippen molar-refractivity contribution in [3.63, 3.8) is 0 Å². The molecule has 0 saturated carbocycles. The first kappa shape index (κ1) is 12.6. The second kappa shape index (κ2) is 5.01. The summed E-state index contributed by atoms with van der Waals surface area (Å²) in [7, 11) is 0. The summed E-state index contributed by atoms with van der Waals surface area (Å²) in [6.45, 7) is 0.850. The molecule has 0 unspecified atom stereocenters. The molecular weight excluding hydrogens is 324 g/mol. The van der Waals surface area contributed by atoms with Crippen LogP contribution in [-0.4, -0.2) is 9.55 Å². The average molecular weight is 337 g/mol. The molecule has 4 rings (SSSR count). The van der Waals surface area contributed by atoms with Gasteiger partial charge in [0.15, 0.2) is 0 Å². The first-order valence-corrected chi connectivity index (χ1v) is 7.67. The average Bonchev–Trinajstić information content (AvgIpc) is 2.90. The topological polar surface area (TPSA) is 17.8 Å². The van der Waals surface area contributed by atoms with E-state index in [2.05, 4.69) is 80.2 Å². The van der Waals surface area contributed by atoms with Crippen LogP contribution < -0.4 is 0 Å². The van der Waals surface area contributed by atoms with E-state index in [1.165, 1.54) is 21.9 Å². The molecule has 2 heterocycles. The number of hydrogen-bond acceptors (Lipinski definition) is 1. The number of benzene rings is 2. The van der Waals surface area contributed by atoms with Crippen LogP contribution >= 0.6 is 15.9 Å². The molecule has 4 aromatic rings. The number of nitrogens with zero attached hydrogens (tertiary/aromatic N) is 2. The Morgan fingerprint density at radius 1 is 1.00 bits per heavy atom. The number of halogens is 1. The molecule has 21 heavy (non-hydrogen) atoms. The highest BCUT2D eigenvalue weighted by molar-refractivity contribution is 9.10. The summed E-state index contributed by atoms with van der Waals surface area (Å²) >= 11 is 3.55. The summed E-state index contributed by atoms with van der Waals surface area (Å²) in [5, 5.41) is 2.48. The van der Waals surface area contributed by atoms with Gasteiger partial charge in [0, 0.05) is 34.3 Å². The molecule has 2 nitrogen and oxygen atoms in total. The summed E-state index contributed by atoms with van der Waals surface area (Å²) in [5.41, 5.74) is 3.58. The summed E-state index contributed by atoms with van der Waals surface area (Å²) in [6.07, 6.45) is 4.03. The number of rotatable bonds is 2. The molecule has 0 amide bonds. The minimum Gasteiger partial charge on any atom is -0.343 e. The van der Waals surface area contributed by atoms with E-state index in [0.29, 0.717) is 0 Å². The van der Waals surface area contributed by atoms with Crippen molar-refractivity contribution in [2.24, 2.45) is 0 Å². The summed E-state index contributed by atoms with van der Waals surface area (Å²) < 4.78 is 3.39. The molecule has 0 bridgehead atoms. The van der Waals surface area contributed by atoms with Crippen LogP contribution in [0.2, 0.25) is 0 Å². The van der Waals surface area contributed by atoms with E-state index in [0.717, 1.165) is 16.5 Å². The lowest BCUT2D eigenvalue weighted by atomic mass is 10.1. The summed E-state index contributed by atoms with van der Waals surface area (Å²) in [5.74, 6) is 0. The van der Waals surface area contributed by atoms with Crippen molar-refractivity contribution >= 4 is 37.7 Å². The molecule has 0 aliphatic rings. The number of hydrogen-bond donors (Lipinski definition) is 0. The molecule has 0 radical (unpaired) electrons. The zero-order chi connectivity index (χ0) is 14.2. The van der Waals surface area contributed by atoms with Gasteiger partial charge in [-0.3, -0.25) is 4.98 Å². The van der Waals surface area contributed by atoms with E-state index in [1.54, 1.807) is 0 Å². The van der Waals surface area contributed by atoms with Gasteiger partial charge in [0.25, 0.3) is 0 Å². The van der Waals surface area contributed by atoms with Crippen molar-refractivity contribution in [3.8, 4) is 0 Å². The third kappa shape index (κ3) is 2.24. The van der Waals surface area contributed by atoms with Crippen molar-refractivity contribution in [1.29, 1.82) is 0 Å². The lowest BCUT2D eigenvalue weighted by molar-refractivity contribution is 0.842. The zero-order valence-electron chi connectivity index (χ0n) is 11.3. The Hall–Kier alpha value is -2.13. The SMILES string of the molecule is Brc1ccc2ccn(Cc3ccnc4ccccc34)c2c1. The zero-order valence-corrected chi connectivity index (χ0v) is 12.9. The molecule has 0 spiro atoms. The van der Waals surface area contributed by atoms with Gasteiger partial charge in [-0.2, -0.15) is 0 Å². The predicted molar refractivity (Wildman–Crippen MR) is 90.5 cm³/mol. The van der Waals surface area contributed by atoms with Crippen molar-refractivity contribution < 1.29 is 0 Å². The van der Waals surface area contributed by atoms with Crippen LogP contribution in [0.3, 0.4) is 0 Å². The fraction of sp³-hybridized carbons (Fsp3) is 0.0556. The van der Waals surface area contributed by atoms with Crippen molar-refractivity contribution in [2.75, 3.05) is 0 Å². The van der Waals surface area contributed by atoms with Crippen LogP contribution in [0.4, 0.5) is 0 Å². The molecule has 0 fully saturated rings. The monoisotopic (exact) mass is 336 g/mol. The first-order valence-electron chi connectivity index (χ1n) is 6.88. The van der Waals surface area contributed by atoms with Gasteiger partial charge < -0.3 is 4.57 Å². The van der Waals surface area contributed by atoms with Gasteiger partial charge in [0.2, 0.25) is 0 Å². The van der Waals surface area contributed by atoms with Gasteiger partial charge in [0.1, 0.15) is 0 Å². The van der Waals surface area contributed by atoms with Crippen LogP contribution in [0.1, 0.15) is 5.56 Å². The second-order valence-electron chi connectivity index (χ2n) is 5.13. The first-order chi connectivity index (χ1) is 10.3. The normalized spacial score (nSPS) is 11.3. The second-order valence-corrected chi connectivity index (χ2v) is 6.05. The minimum atomic E-state index is 0.850. The maximum atomic E-state index is 4.43. The van der Waals surface area contributed by atoms with E-state index in [9.17, 15) is 0 Å². The maximum Gasteiger partial charge on any atom is 0.0705 e. The van der Waals surface area contributed by atoms with Gasteiger partial charge >= 0.3 is 0 Å². The van der Waals surface area contributed by atoms with Gasteiger partial charge in [-0.05, 0) is 41.3 Å². The van der Waals surface area contributed by atoms with Crippen LogP contribution in [0.15, 0.2) is 71.5 Å². The molecule has 102 valence electrons. The standard InChI is InChI=1S/C18H13BrN2/c19-15-6-5-13-8-10-21(18(13)11-15)12-14-7-9-20-17-4-2-1-3-16(14)17/h1-11H,12H2. The van der Waals surface area contributed by atoms with Crippen molar-refractivity contribution in [2.45, 2.75) is 6.54 Å². The lowest BCUT2D eigenvalue weighted by Gasteiger charge is -2.09.